The summed E-state index contributed by atoms with van der Waals surface area (Å²) >= 11 is 0. The van der Waals surface area contributed by atoms with E-state index in [1.165, 1.54) is 12.5 Å². The summed E-state index contributed by atoms with van der Waals surface area (Å²) in [6, 6.07) is 0. The van der Waals surface area contributed by atoms with Crippen molar-refractivity contribution in [1.29, 1.82) is 0 Å². The highest BCUT2D eigenvalue weighted by Crippen LogP contribution is 2.75. The first-order valence-electron chi connectivity index (χ1n) is 26.4. The Morgan fingerprint density at radius 2 is 1.40 bits per heavy atom. The van der Waals surface area contributed by atoms with Crippen molar-refractivity contribution in [2.75, 3.05) is 19.8 Å². The van der Waals surface area contributed by atoms with Gasteiger partial charge in [0.05, 0.1) is 49.5 Å². The fourth-order valence-electron chi connectivity index (χ4n) is 15.7. The van der Waals surface area contributed by atoms with Crippen LogP contribution in [0.25, 0.3) is 0 Å². The highest BCUT2D eigenvalue weighted by molar-refractivity contribution is 5.79. The number of esters is 1. The Balaban J connectivity index is 0.893. The van der Waals surface area contributed by atoms with Crippen molar-refractivity contribution in [3.63, 3.8) is 0 Å². The SMILES string of the molecule is C=C1CCC2(C(=O)OC3OC(O)C(COC4OC(CO)C(O)C(O)C4O)C(O)C3O)CCC3(C)C(=CCC4C5(C)CCC(OC6OCC(O)C(O)C6OC6OC(C)C(O)C(O)C6O)C(C)(C)C5CCC43C)C2C1. The second-order valence-corrected chi connectivity index (χ2v) is 24.5. The minimum absolute atomic E-state index is 0.148. The quantitative estimate of drug-likeness (QED) is 0.0736. The summed E-state index contributed by atoms with van der Waals surface area (Å²) in [4.78, 5) is 14.8. The van der Waals surface area contributed by atoms with Crippen LogP contribution in [0.2, 0.25) is 0 Å². The first-order valence-corrected chi connectivity index (χ1v) is 26.4. The molecule has 0 spiro atoms. The van der Waals surface area contributed by atoms with Crippen LogP contribution in [0, 0.1) is 50.7 Å². The van der Waals surface area contributed by atoms with E-state index in [1.54, 1.807) is 0 Å². The maximum atomic E-state index is 14.8. The molecule has 5 aliphatic carbocycles. The lowest BCUT2D eigenvalue weighted by molar-refractivity contribution is -0.364. The Hall–Kier alpha value is -1.81. The summed E-state index contributed by atoms with van der Waals surface area (Å²) < 4.78 is 47.2. The van der Waals surface area contributed by atoms with Gasteiger partial charge in [0.15, 0.2) is 25.2 Å². The van der Waals surface area contributed by atoms with Crippen LogP contribution in [0.4, 0.5) is 0 Å². The number of hydrogen-bond acceptors (Lipinski definition) is 21. The van der Waals surface area contributed by atoms with Crippen molar-refractivity contribution in [3.05, 3.63) is 23.8 Å². The van der Waals surface area contributed by atoms with Crippen molar-refractivity contribution in [3.8, 4) is 0 Å². The van der Waals surface area contributed by atoms with Gasteiger partial charge in [-0.25, -0.2) is 0 Å². The maximum Gasteiger partial charge on any atom is 0.315 e. The second-order valence-electron chi connectivity index (χ2n) is 24.5. The van der Waals surface area contributed by atoms with Crippen molar-refractivity contribution >= 4 is 5.97 Å². The van der Waals surface area contributed by atoms with Gasteiger partial charge in [-0.15, -0.1) is 0 Å². The molecule has 4 saturated heterocycles. The Labute approximate surface area is 426 Å². The molecule has 8 fully saturated rings. The highest BCUT2D eigenvalue weighted by Gasteiger charge is 2.70. The summed E-state index contributed by atoms with van der Waals surface area (Å²) in [6.45, 7) is 16.0. The molecule has 9 aliphatic rings. The number of carbonyl (C=O) groups excluding carboxylic acids is 1. The molecule has 0 aromatic heterocycles. The largest absolute Gasteiger partial charge is 0.432 e. The van der Waals surface area contributed by atoms with Crippen LogP contribution in [0.5, 0.6) is 0 Å². The summed E-state index contributed by atoms with van der Waals surface area (Å²) in [5.41, 5.74) is 0.142. The molecule has 4 saturated carbocycles. The lowest BCUT2D eigenvalue weighted by Gasteiger charge is -2.71. The fraction of sp³-hybridized carbons (Fsp3) is 0.904. The zero-order valence-electron chi connectivity index (χ0n) is 42.8. The van der Waals surface area contributed by atoms with E-state index < -0.39 is 147 Å². The third-order valence-corrected chi connectivity index (χ3v) is 20.5. The maximum absolute atomic E-state index is 14.8. The Kier molecular flexibility index (Phi) is 15.7. The highest BCUT2D eigenvalue weighted by atomic mass is 16.8. The predicted octanol–water partition coefficient (Wildman–Crippen LogP) is -0.633. The summed E-state index contributed by atoms with van der Waals surface area (Å²) in [5, 5.41) is 127. The molecule has 416 valence electrons. The average molecular weight is 1040 g/mol. The van der Waals surface area contributed by atoms with Gasteiger partial charge in [-0.2, -0.15) is 0 Å². The van der Waals surface area contributed by atoms with Crippen LogP contribution in [-0.4, -0.2) is 204 Å². The van der Waals surface area contributed by atoms with Crippen LogP contribution in [0.15, 0.2) is 23.8 Å². The van der Waals surface area contributed by atoms with Gasteiger partial charge in [-0.3, -0.25) is 4.79 Å². The third-order valence-electron chi connectivity index (χ3n) is 20.5. The molecule has 0 bridgehead atoms. The minimum atomic E-state index is -1.81. The van der Waals surface area contributed by atoms with Crippen LogP contribution >= 0.6 is 0 Å². The molecular weight excluding hydrogens is 961 g/mol. The Morgan fingerprint density at radius 3 is 2.11 bits per heavy atom. The lowest BCUT2D eigenvalue weighted by Crippen LogP contribution is -2.66. The van der Waals surface area contributed by atoms with Crippen LogP contribution in [0.3, 0.4) is 0 Å². The van der Waals surface area contributed by atoms with Crippen molar-refractivity contribution < 1.29 is 104 Å². The van der Waals surface area contributed by atoms with Gasteiger partial charge in [0, 0.05) is 5.92 Å². The fourth-order valence-corrected chi connectivity index (χ4v) is 15.7. The van der Waals surface area contributed by atoms with Crippen molar-refractivity contribution in [2.24, 2.45) is 50.7 Å². The molecule has 0 amide bonds. The minimum Gasteiger partial charge on any atom is -0.432 e. The number of fused-ring (bicyclic) bond motifs is 7. The predicted molar refractivity (Wildman–Crippen MR) is 250 cm³/mol. The smallest absolute Gasteiger partial charge is 0.315 e. The topological polar surface area (TPSA) is 334 Å². The number of hydrogen-bond donors (Lipinski definition) is 12. The Bertz CT molecular complexity index is 2040. The number of rotatable bonds is 10. The zero-order chi connectivity index (χ0) is 53.1. The second kappa shape index (κ2) is 20.4. The first-order chi connectivity index (χ1) is 34.2. The van der Waals surface area contributed by atoms with E-state index in [1.807, 2.05) is 0 Å². The molecular formula is C52H82O21. The molecule has 4 aliphatic heterocycles. The molecule has 9 rings (SSSR count). The molecule has 12 N–H and O–H groups in total. The van der Waals surface area contributed by atoms with Crippen molar-refractivity contribution in [2.45, 2.75) is 223 Å². The van der Waals surface area contributed by atoms with Gasteiger partial charge in [-0.05, 0) is 105 Å². The van der Waals surface area contributed by atoms with E-state index in [4.69, 9.17) is 37.9 Å². The molecule has 0 aromatic carbocycles. The van der Waals surface area contributed by atoms with Crippen LogP contribution < -0.4 is 0 Å². The monoisotopic (exact) mass is 1040 g/mol. The van der Waals surface area contributed by atoms with Gasteiger partial charge < -0.3 is 99.2 Å². The van der Waals surface area contributed by atoms with Crippen LogP contribution in [0.1, 0.15) is 106 Å². The summed E-state index contributed by atoms with van der Waals surface area (Å²) in [6.07, 6.45) is -18.3. The normalized spacial score (nSPS) is 54.0. The average Bonchev–Trinajstić information content (AvgIpc) is 3.34. The molecule has 21 nitrogen and oxygen atoms in total. The van der Waals surface area contributed by atoms with Crippen molar-refractivity contribution in [1.82, 2.24) is 0 Å². The number of ether oxygens (including phenoxy) is 8. The lowest BCUT2D eigenvalue weighted by atomic mass is 9.34. The number of carbonyl (C=O) groups is 1. The molecule has 4 heterocycles. The molecule has 27 atom stereocenters. The van der Waals surface area contributed by atoms with Gasteiger partial charge in [0.25, 0.3) is 0 Å². The zero-order valence-corrected chi connectivity index (χ0v) is 42.8. The van der Waals surface area contributed by atoms with Crippen LogP contribution in [-0.2, 0) is 42.7 Å². The van der Waals surface area contributed by atoms with Gasteiger partial charge in [0.2, 0.25) is 6.29 Å². The number of aliphatic hydroxyl groups excluding tert-OH is 12. The third kappa shape index (κ3) is 9.12. The Morgan fingerprint density at radius 1 is 0.712 bits per heavy atom. The number of allylic oxidation sites excluding steroid dienone is 3. The molecule has 0 aromatic rings. The standard InChI is InChI=1S/C52H82O21/c1-22-10-15-52(47(65)73-45-38(61)33(56)24(42(64)72-45)20-66-43-39(62)37(60)35(58)28(19-53)69-43)17-16-50(6)25(26(52)18-22)8-9-30-49(5)13-12-31(48(3,4)29(49)11-14-51(30,50)7)70-46-41(34(57)27(54)21-67-46)71-44-40(63)36(59)32(55)23(2)68-44/h8,23-24,26-46,53-64H,1,9-21H2,2-7H3. The van der Waals surface area contributed by atoms with E-state index in [2.05, 4.69) is 47.3 Å². The number of aliphatic hydroxyl groups is 12. The van der Waals surface area contributed by atoms with Gasteiger partial charge in [0.1, 0.15) is 67.1 Å². The molecule has 0 radical (unpaired) electrons. The van der Waals surface area contributed by atoms with Gasteiger partial charge >= 0.3 is 5.97 Å². The van der Waals surface area contributed by atoms with E-state index in [9.17, 15) is 66.1 Å². The van der Waals surface area contributed by atoms with E-state index in [0.717, 1.165) is 31.3 Å². The summed E-state index contributed by atoms with van der Waals surface area (Å²) in [5.74, 6) is -1.75. The summed E-state index contributed by atoms with van der Waals surface area (Å²) in [7, 11) is 0. The van der Waals surface area contributed by atoms with E-state index in [-0.39, 0.29) is 46.7 Å². The first kappa shape index (κ1) is 55.9. The van der Waals surface area contributed by atoms with E-state index in [0.29, 0.717) is 38.5 Å². The molecule has 27 unspecified atom stereocenters. The van der Waals surface area contributed by atoms with Gasteiger partial charge in [-0.1, -0.05) is 58.4 Å². The molecule has 21 heteroatoms. The molecule has 73 heavy (non-hydrogen) atoms. The van der Waals surface area contributed by atoms with E-state index >= 15 is 0 Å².